The van der Waals surface area contributed by atoms with Crippen molar-refractivity contribution in [1.29, 1.82) is 0 Å². The second-order valence-electron chi connectivity index (χ2n) is 2.51. The quantitative estimate of drug-likeness (QED) is 0.445. The number of hydrogen-bond donors (Lipinski definition) is 3. The highest BCUT2D eigenvalue weighted by molar-refractivity contribution is 4.77. The van der Waals surface area contributed by atoms with E-state index in [1.165, 1.54) is 0 Å². The summed E-state index contributed by atoms with van der Waals surface area (Å²) in [6.45, 7) is -0.0425. The highest BCUT2D eigenvalue weighted by atomic mass is 16.5. The molecule has 1 saturated heterocycles. The molecule has 0 aliphatic carbocycles. The Labute approximate surface area is 59.1 Å². The largest absolute Gasteiger partial charge is 0.394 e. The first-order valence-corrected chi connectivity index (χ1v) is 3.32. The molecule has 3 unspecified atom stereocenters. The van der Waals surface area contributed by atoms with E-state index in [4.69, 9.17) is 20.1 Å². The molecule has 1 aliphatic rings. The van der Waals surface area contributed by atoms with E-state index in [0.717, 1.165) is 0 Å². The molecule has 60 valence electrons. The lowest BCUT2D eigenvalue weighted by atomic mass is 10.1. The SMILES string of the molecule is OCC(O)C1CC(O)CO1. The third-order valence-electron chi connectivity index (χ3n) is 1.62. The Hall–Kier alpha value is -0.160. The van der Waals surface area contributed by atoms with Gasteiger partial charge in [0.2, 0.25) is 0 Å². The number of ether oxygens (including phenoxy) is 1. The monoisotopic (exact) mass is 148 g/mol. The van der Waals surface area contributed by atoms with Crippen molar-refractivity contribution in [3.63, 3.8) is 0 Å². The van der Waals surface area contributed by atoms with Gasteiger partial charge in [-0.2, -0.15) is 0 Å². The number of aliphatic hydroxyl groups excluding tert-OH is 3. The van der Waals surface area contributed by atoms with Crippen molar-refractivity contribution in [3.05, 3.63) is 0 Å². The van der Waals surface area contributed by atoms with E-state index in [1.807, 2.05) is 0 Å². The zero-order chi connectivity index (χ0) is 7.56. The Balaban J connectivity index is 2.29. The van der Waals surface area contributed by atoms with E-state index < -0.39 is 12.2 Å². The Morgan fingerprint density at radius 2 is 2.30 bits per heavy atom. The van der Waals surface area contributed by atoms with Crippen LogP contribution < -0.4 is 0 Å². The average molecular weight is 148 g/mol. The van der Waals surface area contributed by atoms with Gasteiger partial charge in [0.15, 0.2) is 0 Å². The van der Waals surface area contributed by atoms with Gasteiger partial charge in [0.1, 0.15) is 6.10 Å². The van der Waals surface area contributed by atoms with Gasteiger partial charge in [0.05, 0.1) is 25.4 Å². The van der Waals surface area contributed by atoms with Gasteiger partial charge in [-0.3, -0.25) is 0 Å². The first-order chi connectivity index (χ1) is 4.74. The van der Waals surface area contributed by atoms with E-state index in [-0.39, 0.29) is 19.3 Å². The molecule has 0 bridgehead atoms. The van der Waals surface area contributed by atoms with Gasteiger partial charge in [-0.1, -0.05) is 0 Å². The van der Waals surface area contributed by atoms with Crippen LogP contribution in [0.4, 0.5) is 0 Å². The van der Waals surface area contributed by atoms with Crippen LogP contribution in [0, 0.1) is 0 Å². The summed E-state index contributed by atoms with van der Waals surface area (Å²) in [6, 6.07) is 0. The van der Waals surface area contributed by atoms with Crippen LogP contribution in [0.3, 0.4) is 0 Å². The molecule has 1 rings (SSSR count). The number of hydrogen-bond acceptors (Lipinski definition) is 4. The lowest BCUT2D eigenvalue weighted by Crippen LogP contribution is -2.28. The van der Waals surface area contributed by atoms with Gasteiger partial charge in [0, 0.05) is 6.42 Å². The molecule has 1 aliphatic heterocycles. The third kappa shape index (κ3) is 1.67. The molecular formula is C6H12O4. The van der Waals surface area contributed by atoms with Crippen LogP contribution in [0.1, 0.15) is 6.42 Å². The van der Waals surface area contributed by atoms with Crippen molar-refractivity contribution in [3.8, 4) is 0 Å². The van der Waals surface area contributed by atoms with Crippen molar-refractivity contribution in [2.75, 3.05) is 13.2 Å². The van der Waals surface area contributed by atoms with Crippen molar-refractivity contribution in [2.45, 2.75) is 24.7 Å². The van der Waals surface area contributed by atoms with Gasteiger partial charge in [-0.15, -0.1) is 0 Å². The van der Waals surface area contributed by atoms with Gasteiger partial charge >= 0.3 is 0 Å². The van der Waals surface area contributed by atoms with Crippen LogP contribution in [0.15, 0.2) is 0 Å². The fourth-order valence-corrected chi connectivity index (χ4v) is 1.02. The molecule has 3 N–H and O–H groups in total. The molecule has 0 radical (unpaired) electrons. The zero-order valence-corrected chi connectivity index (χ0v) is 5.60. The van der Waals surface area contributed by atoms with Crippen molar-refractivity contribution >= 4 is 0 Å². The zero-order valence-electron chi connectivity index (χ0n) is 5.60. The number of rotatable bonds is 2. The summed E-state index contributed by atoms with van der Waals surface area (Å²) in [5.41, 5.74) is 0. The minimum atomic E-state index is -0.850. The maximum absolute atomic E-state index is 8.99. The van der Waals surface area contributed by atoms with E-state index in [9.17, 15) is 0 Å². The fourth-order valence-electron chi connectivity index (χ4n) is 1.02. The average Bonchev–Trinajstić information content (AvgIpc) is 2.34. The van der Waals surface area contributed by atoms with E-state index in [1.54, 1.807) is 0 Å². The van der Waals surface area contributed by atoms with E-state index in [2.05, 4.69) is 0 Å². The number of aliphatic hydroxyl groups is 3. The third-order valence-corrected chi connectivity index (χ3v) is 1.62. The van der Waals surface area contributed by atoms with Crippen LogP contribution in [0.5, 0.6) is 0 Å². The van der Waals surface area contributed by atoms with Crippen molar-refractivity contribution in [2.24, 2.45) is 0 Å². The molecule has 0 amide bonds. The van der Waals surface area contributed by atoms with Crippen LogP contribution in [-0.4, -0.2) is 46.8 Å². The maximum Gasteiger partial charge on any atom is 0.103 e. The lowest BCUT2D eigenvalue weighted by molar-refractivity contribution is -0.0291. The summed E-state index contributed by atoms with van der Waals surface area (Å²) >= 11 is 0. The molecule has 0 aromatic carbocycles. The highest BCUT2D eigenvalue weighted by Gasteiger charge is 2.28. The fraction of sp³-hybridized carbons (Fsp3) is 1.00. The van der Waals surface area contributed by atoms with Gasteiger partial charge in [-0.05, 0) is 0 Å². The summed E-state index contributed by atoms with van der Waals surface area (Å²) in [7, 11) is 0. The van der Waals surface area contributed by atoms with E-state index >= 15 is 0 Å². The first kappa shape index (κ1) is 7.94. The Kier molecular flexibility index (Phi) is 2.62. The molecule has 0 aromatic rings. The van der Waals surface area contributed by atoms with Gasteiger partial charge in [-0.25, -0.2) is 0 Å². The van der Waals surface area contributed by atoms with Crippen LogP contribution in [-0.2, 0) is 4.74 Å². The molecule has 0 saturated carbocycles. The van der Waals surface area contributed by atoms with E-state index in [0.29, 0.717) is 6.42 Å². The summed E-state index contributed by atoms with van der Waals surface area (Å²) in [5.74, 6) is 0. The first-order valence-electron chi connectivity index (χ1n) is 3.32. The summed E-state index contributed by atoms with van der Waals surface area (Å²) in [4.78, 5) is 0. The van der Waals surface area contributed by atoms with Crippen LogP contribution in [0.25, 0.3) is 0 Å². The molecule has 0 aromatic heterocycles. The second-order valence-corrected chi connectivity index (χ2v) is 2.51. The predicted octanol–water partition coefficient (Wildman–Crippen LogP) is -1.51. The standard InChI is InChI=1S/C6H12O4/c7-2-5(9)6-1-4(8)3-10-6/h4-9H,1-3H2. The predicted molar refractivity (Wildman–Crippen MR) is 33.5 cm³/mol. The van der Waals surface area contributed by atoms with Crippen molar-refractivity contribution in [1.82, 2.24) is 0 Å². The minimum Gasteiger partial charge on any atom is -0.394 e. The molecule has 4 nitrogen and oxygen atoms in total. The molecule has 1 fully saturated rings. The van der Waals surface area contributed by atoms with Crippen molar-refractivity contribution < 1.29 is 20.1 Å². The topological polar surface area (TPSA) is 69.9 Å². The maximum atomic E-state index is 8.99. The molecular weight excluding hydrogens is 136 g/mol. The minimum absolute atomic E-state index is 0.266. The summed E-state index contributed by atoms with van der Waals surface area (Å²) in [6.07, 6.45) is -1.30. The smallest absolute Gasteiger partial charge is 0.103 e. The van der Waals surface area contributed by atoms with Gasteiger partial charge in [0.25, 0.3) is 0 Å². The Morgan fingerprint density at radius 3 is 2.70 bits per heavy atom. The molecule has 1 heterocycles. The second kappa shape index (κ2) is 3.30. The lowest BCUT2D eigenvalue weighted by Gasteiger charge is -2.13. The Morgan fingerprint density at radius 1 is 1.60 bits per heavy atom. The highest BCUT2D eigenvalue weighted by Crippen LogP contribution is 2.15. The normalized spacial score (nSPS) is 36.3. The molecule has 4 heteroatoms. The summed E-state index contributed by atoms with van der Waals surface area (Å²) in [5, 5.41) is 26.4. The Bertz CT molecular complexity index is 106. The molecule has 3 atom stereocenters. The summed E-state index contributed by atoms with van der Waals surface area (Å²) < 4.78 is 4.96. The molecule has 0 spiro atoms. The van der Waals surface area contributed by atoms with Crippen LogP contribution in [0.2, 0.25) is 0 Å². The van der Waals surface area contributed by atoms with Crippen LogP contribution >= 0.6 is 0 Å². The molecule has 10 heavy (non-hydrogen) atoms. The van der Waals surface area contributed by atoms with Gasteiger partial charge < -0.3 is 20.1 Å².